The molecule has 1 aliphatic heterocycles. The van der Waals surface area contributed by atoms with Crippen molar-refractivity contribution in [2.45, 2.75) is 12.5 Å². The van der Waals surface area contributed by atoms with Gasteiger partial charge in [0.2, 0.25) is 0 Å². The third-order valence-corrected chi connectivity index (χ3v) is 3.17. The summed E-state index contributed by atoms with van der Waals surface area (Å²) in [6, 6.07) is 7.78. The fraction of sp³-hybridized carbons (Fsp3) is 0.462. The molecule has 0 radical (unpaired) electrons. The van der Waals surface area contributed by atoms with Crippen LogP contribution in [0.3, 0.4) is 0 Å². The van der Waals surface area contributed by atoms with Gasteiger partial charge in [-0.25, -0.2) is 0 Å². The number of carboxylic acids is 1. The average Bonchev–Trinajstić information content (AvgIpc) is 2.35. The van der Waals surface area contributed by atoms with E-state index in [1.807, 2.05) is 24.3 Å². The standard InChI is InChI=1S/C13H17NO3/c1-17-7-6-14-8-10-4-2-3-5-11(10)12(9-14)13(15)16/h2-5,12H,6-9H2,1H3,(H,15,16). The smallest absolute Gasteiger partial charge is 0.312 e. The minimum Gasteiger partial charge on any atom is -0.481 e. The molecule has 0 fully saturated rings. The molecular weight excluding hydrogens is 218 g/mol. The van der Waals surface area contributed by atoms with Crippen LogP contribution in [0.4, 0.5) is 0 Å². The van der Waals surface area contributed by atoms with Crippen LogP contribution in [0.1, 0.15) is 17.0 Å². The van der Waals surface area contributed by atoms with Crippen molar-refractivity contribution < 1.29 is 14.6 Å². The summed E-state index contributed by atoms with van der Waals surface area (Å²) in [5.74, 6) is -1.17. The van der Waals surface area contributed by atoms with Gasteiger partial charge in [0.05, 0.1) is 12.5 Å². The highest BCUT2D eigenvalue weighted by Crippen LogP contribution is 2.28. The van der Waals surface area contributed by atoms with Gasteiger partial charge in [0, 0.05) is 26.7 Å². The summed E-state index contributed by atoms with van der Waals surface area (Å²) in [5, 5.41) is 9.27. The number of hydrogen-bond donors (Lipinski definition) is 1. The molecule has 0 saturated heterocycles. The minimum atomic E-state index is -0.750. The van der Waals surface area contributed by atoms with Crippen LogP contribution in [0.5, 0.6) is 0 Å². The molecule has 1 aromatic carbocycles. The molecule has 4 heteroatoms. The third kappa shape index (κ3) is 2.65. The van der Waals surface area contributed by atoms with Gasteiger partial charge >= 0.3 is 5.97 Å². The summed E-state index contributed by atoms with van der Waals surface area (Å²) < 4.78 is 5.04. The Kier molecular flexibility index (Phi) is 3.76. The van der Waals surface area contributed by atoms with Gasteiger partial charge in [-0.15, -0.1) is 0 Å². The van der Waals surface area contributed by atoms with E-state index in [0.717, 1.165) is 24.2 Å². The number of nitrogens with zero attached hydrogens (tertiary/aromatic N) is 1. The van der Waals surface area contributed by atoms with E-state index in [-0.39, 0.29) is 0 Å². The van der Waals surface area contributed by atoms with Crippen LogP contribution in [-0.4, -0.2) is 42.8 Å². The zero-order valence-corrected chi connectivity index (χ0v) is 9.93. The van der Waals surface area contributed by atoms with Gasteiger partial charge in [0.15, 0.2) is 0 Å². The molecule has 1 aromatic rings. The first kappa shape index (κ1) is 12.1. The first-order valence-corrected chi connectivity index (χ1v) is 5.74. The summed E-state index contributed by atoms with van der Waals surface area (Å²) >= 11 is 0. The van der Waals surface area contributed by atoms with Crippen LogP contribution in [0, 0.1) is 0 Å². The maximum absolute atomic E-state index is 11.3. The largest absolute Gasteiger partial charge is 0.481 e. The molecule has 4 nitrogen and oxygen atoms in total. The highest BCUT2D eigenvalue weighted by Gasteiger charge is 2.29. The Balaban J connectivity index is 2.20. The van der Waals surface area contributed by atoms with Crippen molar-refractivity contribution in [3.8, 4) is 0 Å². The number of fused-ring (bicyclic) bond motifs is 1. The van der Waals surface area contributed by atoms with Gasteiger partial charge in [0.1, 0.15) is 0 Å². The fourth-order valence-corrected chi connectivity index (χ4v) is 2.28. The molecule has 0 bridgehead atoms. The predicted molar refractivity (Wildman–Crippen MR) is 64.0 cm³/mol. The highest BCUT2D eigenvalue weighted by molar-refractivity contribution is 5.77. The number of rotatable bonds is 4. The predicted octanol–water partition coefficient (Wildman–Crippen LogP) is 1.32. The van der Waals surface area contributed by atoms with Crippen molar-refractivity contribution in [3.05, 3.63) is 35.4 Å². The van der Waals surface area contributed by atoms with Crippen LogP contribution in [-0.2, 0) is 16.1 Å². The zero-order valence-electron chi connectivity index (χ0n) is 9.93. The molecule has 0 spiro atoms. The second-order valence-corrected chi connectivity index (χ2v) is 4.32. The molecule has 0 aromatic heterocycles. The molecule has 2 rings (SSSR count). The van der Waals surface area contributed by atoms with Gasteiger partial charge in [0.25, 0.3) is 0 Å². The molecule has 1 atom stereocenters. The molecule has 0 amide bonds. The maximum Gasteiger partial charge on any atom is 0.312 e. The van der Waals surface area contributed by atoms with Crippen molar-refractivity contribution in [1.29, 1.82) is 0 Å². The molecule has 17 heavy (non-hydrogen) atoms. The second kappa shape index (κ2) is 5.29. The number of methoxy groups -OCH3 is 1. The number of hydrogen-bond acceptors (Lipinski definition) is 3. The Hall–Kier alpha value is -1.39. The summed E-state index contributed by atoms with van der Waals surface area (Å²) in [6.45, 7) is 2.78. The van der Waals surface area contributed by atoms with Gasteiger partial charge in [-0.05, 0) is 11.1 Å². The number of aliphatic carboxylic acids is 1. The van der Waals surface area contributed by atoms with Crippen LogP contribution in [0.25, 0.3) is 0 Å². The minimum absolute atomic E-state index is 0.420. The van der Waals surface area contributed by atoms with Gasteiger partial charge in [-0.1, -0.05) is 24.3 Å². The molecule has 0 saturated carbocycles. The van der Waals surface area contributed by atoms with Gasteiger partial charge in [-0.3, -0.25) is 9.69 Å². The number of carboxylic acid groups (broad SMARTS) is 1. The van der Waals surface area contributed by atoms with Crippen molar-refractivity contribution in [1.82, 2.24) is 4.90 Å². The van der Waals surface area contributed by atoms with Crippen molar-refractivity contribution >= 4 is 5.97 Å². The fourth-order valence-electron chi connectivity index (χ4n) is 2.28. The summed E-state index contributed by atoms with van der Waals surface area (Å²) in [6.07, 6.45) is 0. The maximum atomic E-state index is 11.3. The van der Waals surface area contributed by atoms with E-state index in [1.165, 1.54) is 0 Å². The van der Waals surface area contributed by atoms with E-state index in [4.69, 9.17) is 4.74 Å². The Morgan fingerprint density at radius 2 is 2.29 bits per heavy atom. The molecule has 1 heterocycles. The quantitative estimate of drug-likeness (QED) is 0.855. The molecule has 0 aliphatic carbocycles. The van der Waals surface area contributed by atoms with Crippen LogP contribution in [0.15, 0.2) is 24.3 Å². The van der Waals surface area contributed by atoms with Gasteiger partial charge in [-0.2, -0.15) is 0 Å². The van der Waals surface area contributed by atoms with E-state index in [1.54, 1.807) is 7.11 Å². The Labute approximate surface area is 101 Å². The van der Waals surface area contributed by atoms with E-state index in [9.17, 15) is 9.90 Å². The van der Waals surface area contributed by atoms with E-state index >= 15 is 0 Å². The zero-order chi connectivity index (χ0) is 12.3. The van der Waals surface area contributed by atoms with Crippen LogP contribution < -0.4 is 0 Å². The lowest BCUT2D eigenvalue weighted by Gasteiger charge is -2.32. The normalized spacial score (nSPS) is 19.9. The number of ether oxygens (including phenoxy) is 1. The van der Waals surface area contributed by atoms with E-state index < -0.39 is 11.9 Å². The molecule has 1 aliphatic rings. The molecule has 1 N–H and O–H groups in total. The summed E-state index contributed by atoms with van der Waals surface area (Å²) in [4.78, 5) is 13.4. The second-order valence-electron chi connectivity index (χ2n) is 4.32. The lowest BCUT2D eigenvalue weighted by molar-refractivity contribution is -0.139. The van der Waals surface area contributed by atoms with E-state index in [0.29, 0.717) is 13.2 Å². The lowest BCUT2D eigenvalue weighted by Crippen LogP contribution is -2.38. The van der Waals surface area contributed by atoms with E-state index in [2.05, 4.69) is 4.90 Å². The SMILES string of the molecule is COCCN1Cc2ccccc2C(C(=O)O)C1. The Morgan fingerprint density at radius 1 is 1.53 bits per heavy atom. The Bertz CT molecular complexity index is 405. The highest BCUT2D eigenvalue weighted by atomic mass is 16.5. The first-order valence-electron chi connectivity index (χ1n) is 5.74. The first-order chi connectivity index (χ1) is 8.22. The monoisotopic (exact) mass is 235 g/mol. The number of benzene rings is 1. The van der Waals surface area contributed by atoms with Crippen LogP contribution >= 0.6 is 0 Å². The van der Waals surface area contributed by atoms with Crippen molar-refractivity contribution in [2.75, 3.05) is 26.8 Å². The van der Waals surface area contributed by atoms with Gasteiger partial charge < -0.3 is 9.84 Å². The van der Waals surface area contributed by atoms with Crippen molar-refractivity contribution in [2.24, 2.45) is 0 Å². The Morgan fingerprint density at radius 3 is 3.00 bits per heavy atom. The molecule has 1 unspecified atom stereocenters. The van der Waals surface area contributed by atoms with Crippen molar-refractivity contribution in [3.63, 3.8) is 0 Å². The number of carbonyl (C=O) groups is 1. The topological polar surface area (TPSA) is 49.8 Å². The molecule has 92 valence electrons. The summed E-state index contributed by atoms with van der Waals surface area (Å²) in [5.41, 5.74) is 2.07. The third-order valence-electron chi connectivity index (χ3n) is 3.17. The average molecular weight is 235 g/mol. The molecular formula is C13H17NO3. The van der Waals surface area contributed by atoms with Crippen LogP contribution in [0.2, 0.25) is 0 Å². The summed E-state index contributed by atoms with van der Waals surface area (Å²) in [7, 11) is 1.66. The lowest BCUT2D eigenvalue weighted by atomic mass is 9.90.